The van der Waals surface area contributed by atoms with Gasteiger partial charge in [-0.05, 0) is 56.6 Å². The van der Waals surface area contributed by atoms with Gasteiger partial charge in [0.15, 0.2) is 0 Å². The highest BCUT2D eigenvalue weighted by atomic mass is 32.2. The molecule has 6 nitrogen and oxygen atoms in total. The molecule has 1 atom stereocenters. The second-order valence-electron chi connectivity index (χ2n) is 9.84. The van der Waals surface area contributed by atoms with E-state index in [0.717, 1.165) is 69.4 Å². The second kappa shape index (κ2) is 10.7. The van der Waals surface area contributed by atoms with Gasteiger partial charge in [-0.3, -0.25) is 19.1 Å². The summed E-state index contributed by atoms with van der Waals surface area (Å²) in [6, 6.07) is 2.34. The average Bonchev–Trinajstić information content (AvgIpc) is 3.42. The van der Waals surface area contributed by atoms with Crippen LogP contribution in [0.2, 0.25) is 0 Å². The van der Waals surface area contributed by atoms with Crippen molar-refractivity contribution in [2.24, 2.45) is 5.92 Å². The van der Waals surface area contributed by atoms with Crippen molar-refractivity contribution in [2.45, 2.75) is 84.7 Å². The van der Waals surface area contributed by atoms with Crippen molar-refractivity contribution in [3.05, 3.63) is 31.9 Å². The predicted molar refractivity (Wildman–Crippen MR) is 143 cm³/mol. The van der Waals surface area contributed by atoms with Gasteiger partial charge in [0.1, 0.15) is 21.8 Å². The number of thioether (sulfide) groups is 1. The third-order valence-corrected chi connectivity index (χ3v) is 8.66. The summed E-state index contributed by atoms with van der Waals surface area (Å²) in [6.45, 7) is 8.47. The maximum absolute atomic E-state index is 13.4. The summed E-state index contributed by atoms with van der Waals surface area (Å²) in [5.74, 6) is 1.34. The Labute approximate surface area is 212 Å². The smallest absolute Gasteiger partial charge is 0.270 e. The van der Waals surface area contributed by atoms with Crippen LogP contribution < -0.4 is 10.5 Å². The molecular weight excluding hydrogens is 464 g/mol. The molecule has 34 heavy (non-hydrogen) atoms. The highest BCUT2D eigenvalue weighted by Crippen LogP contribution is 2.40. The van der Waals surface area contributed by atoms with Crippen LogP contribution in [0.1, 0.15) is 81.9 Å². The van der Waals surface area contributed by atoms with E-state index in [4.69, 9.17) is 12.2 Å². The number of carbonyl (C=O) groups excluding carboxylic acids is 1. The van der Waals surface area contributed by atoms with Crippen molar-refractivity contribution >= 4 is 46.1 Å². The van der Waals surface area contributed by atoms with Crippen molar-refractivity contribution in [1.82, 2.24) is 9.47 Å². The average molecular weight is 499 g/mol. The quantitative estimate of drug-likeness (QED) is 0.396. The van der Waals surface area contributed by atoms with Gasteiger partial charge < -0.3 is 4.90 Å². The SMILES string of the molecule is CCCCn1c(N2CCCC(C)C2)c(/C=C2/SC(=S)N(C3CCCC3)C2=O)c(C)c(C#N)c1=O. The van der Waals surface area contributed by atoms with Crippen LogP contribution in [0.3, 0.4) is 0 Å². The number of unbranched alkanes of at least 4 members (excludes halogenated alkanes) is 1. The minimum Gasteiger partial charge on any atom is -0.357 e. The van der Waals surface area contributed by atoms with Crippen LogP contribution in [0.4, 0.5) is 5.82 Å². The molecular formula is C26H34N4O2S2. The summed E-state index contributed by atoms with van der Waals surface area (Å²) in [5, 5.41) is 9.86. The Kier molecular flexibility index (Phi) is 7.83. The molecule has 3 aliphatic rings. The lowest BCUT2D eigenvalue weighted by molar-refractivity contribution is -0.123. The third kappa shape index (κ3) is 4.70. The minimum absolute atomic E-state index is 0.0379. The number of hydrogen-bond donors (Lipinski definition) is 0. The van der Waals surface area contributed by atoms with Crippen molar-refractivity contribution in [2.75, 3.05) is 18.0 Å². The number of amides is 1. The van der Waals surface area contributed by atoms with Gasteiger partial charge in [-0.25, -0.2) is 0 Å². The highest BCUT2D eigenvalue weighted by Gasteiger charge is 2.38. The van der Waals surface area contributed by atoms with E-state index in [1.807, 2.05) is 13.0 Å². The standard InChI is InChI=1S/C26H34N4O2S2/c1-4-5-13-29-23(28-12-8-9-17(2)16-28)20(18(3)21(15-27)24(29)31)14-22-25(32)30(26(33)34-22)19-10-6-7-11-19/h14,17,19H,4-13,16H2,1-3H3/b22-14+. The molecule has 8 heteroatoms. The lowest BCUT2D eigenvalue weighted by Gasteiger charge is -2.36. The molecule has 1 aliphatic carbocycles. The molecule has 0 spiro atoms. The summed E-state index contributed by atoms with van der Waals surface area (Å²) in [4.78, 5) is 31.5. The van der Waals surface area contributed by atoms with E-state index >= 15 is 0 Å². The third-order valence-electron chi connectivity index (χ3n) is 7.33. The van der Waals surface area contributed by atoms with E-state index in [-0.39, 0.29) is 23.1 Å². The van der Waals surface area contributed by atoms with Gasteiger partial charge in [-0.1, -0.05) is 57.1 Å². The first-order valence-corrected chi connectivity index (χ1v) is 13.8. The number of nitrogens with zero attached hydrogens (tertiary/aromatic N) is 4. The Hall–Kier alpha value is -2.11. The maximum Gasteiger partial charge on any atom is 0.270 e. The Morgan fingerprint density at radius 2 is 1.94 bits per heavy atom. The predicted octanol–water partition coefficient (Wildman–Crippen LogP) is 5.21. The molecule has 4 rings (SSSR count). The number of hydrogen-bond acceptors (Lipinski definition) is 6. The highest BCUT2D eigenvalue weighted by molar-refractivity contribution is 8.26. The van der Waals surface area contributed by atoms with Crippen molar-refractivity contribution in [3.63, 3.8) is 0 Å². The van der Waals surface area contributed by atoms with Crippen LogP contribution in [-0.4, -0.2) is 38.8 Å². The van der Waals surface area contributed by atoms with E-state index in [2.05, 4.69) is 24.8 Å². The van der Waals surface area contributed by atoms with Crippen molar-refractivity contribution in [3.8, 4) is 6.07 Å². The lowest BCUT2D eigenvalue weighted by Crippen LogP contribution is -2.40. The maximum atomic E-state index is 13.4. The van der Waals surface area contributed by atoms with E-state index in [0.29, 0.717) is 27.3 Å². The van der Waals surface area contributed by atoms with Crippen LogP contribution in [-0.2, 0) is 11.3 Å². The Bertz CT molecular complexity index is 1110. The number of aromatic nitrogens is 1. The monoisotopic (exact) mass is 498 g/mol. The topological polar surface area (TPSA) is 69.3 Å². The number of thiocarbonyl (C=S) groups is 1. The van der Waals surface area contributed by atoms with Gasteiger partial charge >= 0.3 is 0 Å². The first-order valence-electron chi connectivity index (χ1n) is 12.6. The van der Waals surface area contributed by atoms with Gasteiger partial charge in [-0.15, -0.1) is 0 Å². The second-order valence-corrected chi connectivity index (χ2v) is 11.5. The molecule has 0 N–H and O–H groups in total. The number of pyridine rings is 1. The van der Waals surface area contributed by atoms with Crippen molar-refractivity contribution < 1.29 is 4.79 Å². The fourth-order valence-electron chi connectivity index (χ4n) is 5.48. The summed E-state index contributed by atoms with van der Waals surface area (Å²) in [6.07, 6.45) is 10.2. The number of carbonyl (C=O) groups is 1. The van der Waals surface area contributed by atoms with E-state index < -0.39 is 0 Å². The molecule has 3 fully saturated rings. The zero-order valence-electron chi connectivity index (χ0n) is 20.4. The Balaban J connectivity index is 1.87. The number of piperidine rings is 1. The van der Waals surface area contributed by atoms with E-state index in [1.165, 1.54) is 18.2 Å². The molecule has 0 bridgehead atoms. The number of rotatable bonds is 6. The van der Waals surface area contributed by atoms with Crippen LogP contribution in [0.15, 0.2) is 9.70 Å². The summed E-state index contributed by atoms with van der Waals surface area (Å²) < 4.78 is 2.41. The Morgan fingerprint density at radius 3 is 2.59 bits per heavy atom. The molecule has 1 aromatic rings. The largest absolute Gasteiger partial charge is 0.357 e. The van der Waals surface area contributed by atoms with Crippen LogP contribution in [0.25, 0.3) is 6.08 Å². The molecule has 1 amide bonds. The van der Waals surface area contributed by atoms with Crippen LogP contribution in [0.5, 0.6) is 0 Å². The lowest BCUT2D eigenvalue weighted by atomic mass is 9.97. The van der Waals surface area contributed by atoms with Gasteiger partial charge in [0.05, 0.1) is 4.91 Å². The van der Waals surface area contributed by atoms with Gasteiger partial charge in [0, 0.05) is 31.2 Å². The molecule has 1 saturated carbocycles. The van der Waals surface area contributed by atoms with Gasteiger partial charge in [0.25, 0.3) is 11.5 Å². The molecule has 3 heterocycles. The number of anilines is 1. The fraction of sp³-hybridized carbons (Fsp3) is 0.615. The Morgan fingerprint density at radius 1 is 1.21 bits per heavy atom. The van der Waals surface area contributed by atoms with Gasteiger partial charge in [0.2, 0.25) is 0 Å². The summed E-state index contributed by atoms with van der Waals surface area (Å²) in [7, 11) is 0. The molecule has 0 radical (unpaired) electrons. The molecule has 2 saturated heterocycles. The van der Waals surface area contributed by atoms with Crippen LogP contribution in [0, 0.1) is 24.2 Å². The summed E-state index contributed by atoms with van der Waals surface area (Å²) in [5.41, 5.74) is 1.41. The van der Waals surface area contributed by atoms with Crippen molar-refractivity contribution in [1.29, 1.82) is 5.26 Å². The zero-order valence-corrected chi connectivity index (χ0v) is 22.1. The summed E-state index contributed by atoms with van der Waals surface area (Å²) >= 11 is 6.97. The molecule has 0 aromatic carbocycles. The van der Waals surface area contributed by atoms with E-state index in [9.17, 15) is 14.9 Å². The van der Waals surface area contributed by atoms with Crippen LogP contribution >= 0.6 is 24.0 Å². The van der Waals surface area contributed by atoms with Gasteiger partial charge in [-0.2, -0.15) is 5.26 Å². The van der Waals surface area contributed by atoms with E-state index in [1.54, 1.807) is 9.47 Å². The number of nitriles is 1. The molecule has 2 aliphatic heterocycles. The zero-order chi connectivity index (χ0) is 24.4. The molecule has 182 valence electrons. The first-order chi connectivity index (χ1) is 16.4. The minimum atomic E-state index is -0.225. The normalized spacial score (nSPS) is 22.8. The molecule has 1 unspecified atom stereocenters. The molecule has 1 aromatic heterocycles. The first kappa shape index (κ1) is 25.0. The fourth-order valence-corrected chi connectivity index (χ4v) is 6.86.